The van der Waals surface area contributed by atoms with Crippen molar-refractivity contribution in [3.8, 4) is 40.1 Å². The summed E-state index contributed by atoms with van der Waals surface area (Å²) in [5.41, 5.74) is 8.22. The van der Waals surface area contributed by atoms with E-state index in [9.17, 15) is 11.8 Å². The molecule has 6 aromatic carbocycles. The van der Waals surface area contributed by atoms with Gasteiger partial charge in [0.15, 0.2) is 0 Å². The van der Waals surface area contributed by atoms with Gasteiger partial charge in [-0.25, -0.2) is 9.83 Å². The predicted octanol–water partition coefficient (Wildman–Crippen LogP) is 21.5. The van der Waals surface area contributed by atoms with Crippen LogP contribution in [0.2, 0.25) is 20.1 Å². The number of hydrogen-bond acceptors (Lipinski definition) is 7. The summed E-state index contributed by atoms with van der Waals surface area (Å²) < 4.78 is 18.1. The van der Waals surface area contributed by atoms with Crippen LogP contribution in [-0.4, -0.2) is 56.9 Å². The molecule has 0 saturated carbocycles. The fraction of sp³-hybridized carbons (Fsp3) is 0.419. The molecule has 2 radical (unpaired) electrons. The Hall–Kier alpha value is -7.57. The number of nitrogens with zero attached hydrogens (tertiary/aromatic N) is 8. The van der Waals surface area contributed by atoms with Crippen molar-refractivity contribution >= 4 is 116 Å². The Morgan fingerprint density at radius 3 is 1.24 bits per heavy atom. The van der Waals surface area contributed by atoms with E-state index in [0.29, 0.717) is 124 Å². The molecule has 10 rings (SSSR count). The van der Waals surface area contributed by atoms with Gasteiger partial charge in [-0.15, -0.1) is 0 Å². The topological polar surface area (TPSA) is 108 Å². The van der Waals surface area contributed by atoms with Gasteiger partial charge >= 0.3 is 0 Å². The van der Waals surface area contributed by atoms with Crippen molar-refractivity contribution in [3.05, 3.63) is 199 Å². The van der Waals surface area contributed by atoms with Crippen molar-refractivity contribution in [2.75, 3.05) is 13.2 Å². The van der Waals surface area contributed by atoms with Gasteiger partial charge in [-0.3, -0.25) is 15.0 Å². The highest BCUT2D eigenvalue weighted by molar-refractivity contribution is 6.54. The zero-order chi connectivity index (χ0) is 73.6. The minimum Gasteiger partial charge on any atom is -0.493 e. The lowest BCUT2D eigenvalue weighted by atomic mass is 9.76. The molecule has 4 aromatic heterocycles. The van der Waals surface area contributed by atoms with Gasteiger partial charge in [0.1, 0.15) is 28.8 Å². The fourth-order valence-corrected chi connectivity index (χ4v) is 15.9. The maximum absolute atomic E-state index is 12.2. The van der Waals surface area contributed by atoms with Gasteiger partial charge in [-0.1, -0.05) is 242 Å². The molecular weight excluding hydrogens is 1340 g/mol. The van der Waals surface area contributed by atoms with Crippen molar-refractivity contribution in [2.24, 2.45) is 57.2 Å². The number of ether oxygens (including phenoxy) is 2. The Kier molecular flexibility index (Phi) is 24.6. The lowest BCUT2D eigenvalue weighted by molar-refractivity contribution is 0.147. The molecular formula is C86H98B2Cl4N8O2. The van der Waals surface area contributed by atoms with E-state index >= 15 is 0 Å². The van der Waals surface area contributed by atoms with E-state index in [1.807, 2.05) is 84.9 Å². The van der Waals surface area contributed by atoms with Crippen LogP contribution in [-0.2, 0) is 0 Å². The maximum Gasteiger partial charge on any atom is 0.291 e. The van der Waals surface area contributed by atoms with Gasteiger partial charge in [-0.2, -0.15) is 5.26 Å². The first-order valence-electron chi connectivity index (χ1n) is 36.1. The minimum absolute atomic E-state index is 0.152. The Bertz CT molecular complexity index is 4500. The summed E-state index contributed by atoms with van der Waals surface area (Å²) in [6, 6.07) is 46.0. The zero-order valence-corrected chi connectivity index (χ0v) is 65.5. The summed E-state index contributed by atoms with van der Waals surface area (Å²) >= 11 is 26.7. The molecule has 4 heterocycles. The second-order valence-electron chi connectivity index (χ2n) is 33.5. The third-order valence-corrected chi connectivity index (χ3v) is 20.8. The van der Waals surface area contributed by atoms with E-state index in [1.165, 1.54) is 0 Å². The van der Waals surface area contributed by atoms with Crippen LogP contribution in [0.4, 0.5) is 0 Å². The summed E-state index contributed by atoms with van der Waals surface area (Å²) in [6.07, 6.45) is 12.1. The molecule has 0 N–H and O–H groups in total. The summed E-state index contributed by atoms with van der Waals surface area (Å²) in [4.78, 5) is 24.7. The van der Waals surface area contributed by atoms with Gasteiger partial charge in [0.05, 0.1) is 79.2 Å². The van der Waals surface area contributed by atoms with Crippen LogP contribution in [0, 0.1) is 75.1 Å². The average molecular weight is 1440 g/mol. The monoisotopic (exact) mass is 1440 g/mol. The Balaban J connectivity index is 1.28. The molecule has 10 aromatic rings. The molecule has 528 valence electrons. The molecule has 16 heteroatoms. The van der Waals surface area contributed by atoms with E-state index in [-0.39, 0.29) is 44.3 Å². The fourth-order valence-electron chi connectivity index (χ4n) is 15.2. The molecule has 0 spiro atoms. The van der Waals surface area contributed by atoms with Crippen LogP contribution in [0.25, 0.3) is 71.5 Å². The SMILES string of the molecule is [C-]#[N+]/C(c1cnc2cc(Cl)c(Cl)cc2n1)=c1\c2c(-c3ccc(OCC(CCC(C)CC(C)(C)C)C(C)CC(C)(C)C)cc3)n([B]c3ccccc3)/c(=C(/C#N)c3cnc4cc(Cl)c(Cl)cc4n3)c2c(-c2ccc(OCC(CCC(C)CC(C)(C)C)C(C)CC(C)(C)C)cc2)n1[B]c1ccccc1. The van der Waals surface area contributed by atoms with Crippen LogP contribution in [0.3, 0.4) is 0 Å². The number of rotatable bonds is 26. The number of halogens is 4. The van der Waals surface area contributed by atoms with Crippen LogP contribution in [0.5, 0.6) is 11.5 Å². The highest BCUT2D eigenvalue weighted by Crippen LogP contribution is 2.41. The van der Waals surface area contributed by atoms with Crippen molar-refractivity contribution in [2.45, 2.75) is 162 Å². The Morgan fingerprint density at radius 1 is 0.490 bits per heavy atom. The van der Waals surface area contributed by atoms with E-state index in [2.05, 4.69) is 170 Å². The summed E-state index contributed by atoms with van der Waals surface area (Å²) in [5.74, 6) is 4.10. The number of aromatic nitrogens is 6. The number of hydrogen-bond donors (Lipinski definition) is 0. The standard InChI is InChI=1S/C86H98B2Cl4N8O2/c1-53(44-83(5,6)7)28-30-59(55(3)46-85(11,12)13)51-101-63-36-32-57(33-37-63)79-76-77(82(100(79)88-62-26-22-19-23-27-62)78(94-17)75-50-96-71-41-67(90)69(92)43-73(71)98-75)80(58-34-38-64(39-35-58)102-52-60(56(4)47-86(14,15)16)31-29-54(2)45-84(8,9)10)99(87-61-24-20-18-21-25-61)81(76)65(48-93)74-49-95-70-40-66(89)68(91)42-72(70)97-74/h18-27,32-43,49-50,53-56,59-60H,28-31,44-47,51-52H2,1-16H3/b81-65-,82-78+. The molecule has 102 heavy (non-hydrogen) atoms. The summed E-state index contributed by atoms with van der Waals surface area (Å²) in [5, 5.41) is 15.7. The third-order valence-electron chi connectivity index (χ3n) is 19.3. The van der Waals surface area contributed by atoms with E-state index in [4.69, 9.17) is 75.8 Å². The average Bonchev–Trinajstić information content (AvgIpc) is 1.53. The Labute approximate surface area is 627 Å². The van der Waals surface area contributed by atoms with Gasteiger partial charge in [0.25, 0.3) is 14.8 Å². The van der Waals surface area contributed by atoms with Gasteiger partial charge in [0, 0.05) is 33.7 Å². The molecule has 0 aliphatic rings. The lowest BCUT2D eigenvalue weighted by Crippen LogP contribution is -2.35. The summed E-state index contributed by atoms with van der Waals surface area (Å²) in [6.45, 7) is 48.1. The van der Waals surface area contributed by atoms with Crippen LogP contribution >= 0.6 is 46.4 Å². The first-order valence-corrected chi connectivity index (χ1v) is 37.6. The van der Waals surface area contributed by atoms with E-state index < -0.39 is 0 Å². The van der Waals surface area contributed by atoms with Crippen LogP contribution in [0.1, 0.15) is 174 Å². The molecule has 0 saturated heterocycles. The Morgan fingerprint density at radius 2 is 0.853 bits per heavy atom. The molecule has 6 unspecified atom stereocenters. The molecule has 6 atom stereocenters. The quantitative estimate of drug-likeness (QED) is 0.0392. The van der Waals surface area contributed by atoms with E-state index in [0.717, 1.165) is 84.9 Å². The highest BCUT2D eigenvalue weighted by Gasteiger charge is 2.32. The van der Waals surface area contributed by atoms with Crippen LogP contribution < -0.4 is 31.1 Å². The molecule has 0 aliphatic heterocycles. The van der Waals surface area contributed by atoms with Crippen molar-refractivity contribution in [1.82, 2.24) is 28.9 Å². The molecule has 0 aliphatic carbocycles. The number of nitriles is 1. The highest BCUT2D eigenvalue weighted by atomic mass is 35.5. The molecule has 10 nitrogen and oxygen atoms in total. The predicted molar refractivity (Wildman–Crippen MR) is 430 cm³/mol. The smallest absolute Gasteiger partial charge is 0.291 e. The molecule has 0 amide bonds. The van der Waals surface area contributed by atoms with Crippen molar-refractivity contribution < 1.29 is 9.47 Å². The van der Waals surface area contributed by atoms with Crippen molar-refractivity contribution in [3.63, 3.8) is 0 Å². The number of benzene rings is 6. The summed E-state index contributed by atoms with van der Waals surface area (Å²) in [7, 11) is 4.10. The first-order chi connectivity index (χ1) is 48.2. The first kappa shape index (κ1) is 77.1. The molecule has 0 bridgehead atoms. The largest absolute Gasteiger partial charge is 0.493 e. The normalized spacial score (nSPS) is 14.7. The van der Waals surface area contributed by atoms with Gasteiger partial charge < -0.3 is 18.4 Å². The van der Waals surface area contributed by atoms with Gasteiger partial charge in [0.2, 0.25) is 5.70 Å². The third kappa shape index (κ3) is 19.6. The molecule has 0 fully saturated rings. The van der Waals surface area contributed by atoms with Crippen LogP contribution in [0.15, 0.2) is 146 Å². The second-order valence-corrected chi connectivity index (χ2v) is 35.1. The zero-order valence-electron chi connectivity index (χ0n) is 62.5. The lowest BCUT2D eigenvalue weighted by Gasteiger charge is -2.31. The minimum atomic E-state index is 0.152. The second kappa shape index (κ2) is 32.6. The number of fused-ring (bicyclic) bond motifs is 3. The van der Waals surface area contributed by atoms with Gasteiger partial charge in [-0.05, 0) is 180 Å². The van der Waals surface area contributed by atoms with Crippen molar-refractivity contribution in [1.29, 1.82) is 5.26 Å². The van der Waals surface area contributed by atoms with E-state index in [1.54, 1.807) is 36.7 Å². The maximum atomic E-state index is 12.2.